The van der Waals surface area contributed by atoms with Gasteiger partial charge in [-0.15, -0.1) is 0 Å². The Morgan fingerprint density at radius 3 is 2.65 bits per heavy atom. The molecule has 2 N–H and O–H groups in total. The smallest absolute Gasteiger partial charge is 0.155 e. The summed E-state index contributed by atoms with van der Waals surface area (Å²) in [6, 6.07) is 11.7. The van der Waals surface area contributed by atoms with Crippen molar-refractivity contribution in [3.05, 3.63) is 48.3 Å². The monoisotopic (exact) mass is 224 g/mol. The van der Waals surface area contributed by atoms with Crippen molar-refractivity contribution < 1.29 is 0 Å². The minimum Gasteiger partial charge on any atom is -0.399 e. The van der Waals surface area contributed by atoms with Gasteiger partial charge in [-0.2, -0.15) is 5.10 Å². The lowest BCUT2D eigenvalue weighted by atomic mass is 10.1. The molecule has 1 aromatic carbocycles. The molecule has 0 saturated carbocycles. The number of fused-ring (bicyclic) bond motifs is 1. The van der Waals surface area contributed by atoms with E-state index in [4.69, 9.17) is 5.73 Å². The fourth-order valence-corrected chi connectivity index (χ4v) is 1.88. The first-order valence-corrected chi connectivity index (χ1v) is 5.41. The summed E-state index contributed by atoms with van der Waals surface area (Å²) in [6.45, 7) is 1.96. The molecule has 0 bridgehead atoms. The molecule has 84 valence electrons. The van der Waals surface area contributed by atoms with Crippen molar-refractivity contribution in [1.29, 1.82) is 0 Å². The van der Waals surface area contributed by atoms with Gasteiger partial charge in [-0.1, -0.05) is 12.1 Å². The maximum absolute atomic E-state index is 5.69. The van der Waals surface area contributed by atoms with E-state index in [9.17, 15) is 0 Å². The zero-order valence-electron chi connectivity index (χ0n) is 9.46. The summed E-state index contributed by atoms with van der Waals surface area (Å²) in [7, 11) is 0. The summed E-state index contributed by atoms with van der Waals surface area (Å²) in [5, 5.41) is 4.43. The summed E-state index contributed by atoms with van der Waals surface area (Å²) in [6.07, 6.45) is 1.79. The minimum absolute atomic E-state index is 0.760. The summed E-state index contributed by atoms with van der Waals surface area (Å²) in [5.74, 6) is 0. The number of aromatic nitrogens is 3. The zero-order valence-corrected chi connectivity index (χ0v) is 9.46. The molecule has 0 radical (unpaired) electrons. The SMILES string of the molecule is Cc1cc2nccc(-c3ccc(N)cc3)n2n1. The largest absolute Gasteiger partial charge is 0.399 e. The van der Waals surface area contributed by atoms with Crippen molar-refractivity contribution in [2.24, 2.45) is 0 Å². The normalized spacial score (nSPS) is 10.9. The summed E-state index contributed by atoms with van der Waals surface area (Å²) < 4.78 is 1.85. The van der Waals surface area contributed by atoms with Gasteiger partial charge >= 0.3 is 0 Å². The van der Waals surface area contributed by atoms with Crippen molar-refractivity contribution in [3.63, 3.8) is 0 Å². The lowest BCUT2D eigenvalue weighted by molar-refractivity contribution is 0.925. The van der Waals surface area contributed by atoms with Gasteiger partial charge in [0.05, 0.1) is 11.4 Å². The minimum atomic E-state index is 0.760. The molecule has 3 rings (SSSR count). The number of rotatable bonds is 1. The molecule has 0 saturated heterocycles. The number of anilines is 1. The fourth-order valence-electron chi connectivity index (χ4n) is 1.88. The van der Waals surface area contributed by atoms with E-state index in [1.54, 1.807) is 6.20 Å². The van der Waals surface area contributed by atoms with Crippen LogP contribution in [-0.2, 0) is 0 Å². The van der Waals surface area contributed by atoms with Gasteiger partial charge in [0, 0.05) is 23.5 Å². The van der Waals surface area contributed by atoms with Crippen LogP contribution in [0, 0.1) is 6.92 Å². The van der Waals surface area contributed by atoms with Crippen LogP contribution >= 0.6 is 0 Å². The number of benzene rings is 1. The zero-order chi connectivity index (χ0) is 11.8. The highest BCUT2D eigenvalue weighted by molar-refractivity contribution is 5.64. The molecule has 0 spiro atoms. The third-order valence-corrected chi connectivity index (χ3v) is 2.69. The van der Waals surface area contributed by atoms with Crippen LogP contribution in [0.1, 0.15) is 5.69 Å². The molecule has 0 aliphatic heterocycles. The van der Waals surface area contributed by atoms with E-state index in [1.807, 2.05) is 47.8 Å². The van der Waals surface area contributed by atoms with Crippen molar-refractivity contribution in [3.8, 4) is 11.3 Å². The van der Waals surface area contributed by atoms with Crippen LogP contribution in [-0.4, -0.2) is 14.6 Å². The van der Waals surface area contributed by atoms with Crippen molar-refractivity contribution in [2.75, 3.05) is 5.73 Å². The molecule has 0 atom stereocenters. The molecule has 17 heavy (non-hydrogen) atoms. The Morgan fingerprint density at radius 2 is 1.88 bits per heavy atom. The van der Waals surface area contributed by atoms with Crippen molar-refractivity contribution in [2.45, 2.75) is 6.92 Å². The van der Waals surface area contributed by atoms with Crippen LogP contribution < -0.4 is 5.73 Å². The first-order valence-electron chi connectivity index (χ1n) is 5.41. The van der Waals surface area contributed by atoms with E-state index in [0.29, 0.717) is 0 Å². The molecule has 4 heteroatoms. The molecule has 4 nitrogen and oxygen atoms in total. The summed E-state index contributed by atoms with van der Waals surface area (Å²) in [5.41, 5.74) is 10.4. The third-order valence-electron chi connectivity index (χ3n) is 2.69. The highest BCUT2D eigenvalue weighted by Gasteiger charge is 2.05. The molecule has 2 heterocycles. The maximum Gasteiger partial charge on any atom is 0.155 e. The van der Waals surface area contributed by atoms with Crippen LogP contribution in [0.25, 0.3) is 16.9 Å². The molecular formula is C13H12N4. The highest BCUT2D eigenvalue weighted by atomic mass is 15.3. The average Bonchev–Trinajstić information content (AvgIpc) is 2.70. The number of hydrogen-bond acceptors (Lipinski definition) is 3. The van der Waals surface area contributed by atoms with Gasteiger partial charge in [0.15, 0.2) is 5.65 Å². The number of nitrogens with two attached hydrogens (primary N) is 1. The average molecular weight is 224 g/mol. The van der Waals surface area contributed by atoms with Crippen molar-refractivity contribution >= 4 is 11.3 Å². The van der Waals surface area contributed by atoms with Gasteiger partial charge in [0.1, 0.15) is 0 Å². The predicted molar refractivity (Wildman–Crippen MR) is 67.6 cm³/mol. The Labute approximate surface area is 98.7 Å². The van der Waals surface area contributed by atoms with Gasteiger partial charge in [-0.25, -0.2) is 9.50 Å². The van der Waals surface area contributed by atoms with Gasteiger partial charge in [-0.3, -0.25) is 0 Å². The van der Waals surface area contributed by atoms with Gasteiger partial charge in [0.25, 0.3) is 0 Å². The fraction of sp³-hybridized carbons (Fsp3) is 0.0769. The molecule has 0 aliphatic rings. The number of aryl methyl sites for hydroxylation is 1. The summed E-state index contributed by atoms with van der Waals surface area (Å²) >= 11 is 0. The van der Waals surface area contributed by atoms with E-state index >= 15 is 0 Å². The third kappa shape index (κ3) is 1.63. The first-order chi connectivity index (χ1) is 8.24. The van der Waals surface area contributed by atoms with Crippen LogP contribution in [0.5, 0.6) is 0 Å². The Hall–Kier alpha value is -2.36. The van der Waals surface area contributed by atoms with Crippen LogP contribution in [0.2, 0.25) is 0 Å². The number of nitrogen functional groups attached to an aromatic ring is 1. The van der Waals surface area contributed by atoms with Gasteiger partial charge in [0.2, 0.25) is 0 Å². The van der Waals surface area contributed by atoms with Gasteiger partial charge < -0.3 is 5.73 Å². The molecule has 0 aliphatic carbocycles. The lowest BCUT2D eigenvalue weighted by Gasteiger charge is -2.04. The van der Waals surface area contributed by atoms with Crippen LogP contribution in [0.4, 0.5) is 5.69 Å². The quantitative estimate of drug-likeness (QED) is 0.645. The van der Waals surface area contributed by atoms with E-state index < -0.39 is 0 Å². The Morgan fingerprint density at radius 1 is 1.12 bits per heavy atom. The highest BCUT2D eigenvalue weighted by Crippen LogP contribution is 2.20. The second-order valence-corrected chi connectivity index (χ2v) is 4.01. The van der Waals surface area contributed by atoms with Crippen LogP contribution in [0.15, 0.2) is 42.6 Å². The number of nitrogens with zero attached hydrogens (tertiary/aromatic N) is 3. The lowest BCUT2D eigenvalue weighted by Crippen LogP contribution is -1.95. The van der Waals surface area contributed by atoms with Gasteiger partial charge in [-0.05, 0) is 25.1 Å². The van der Waals surface area contributed by atoms with E-state index in [1.165, 1.54) is 0 Å². The summed E-state index contributed by atoms with van der Waals surface area (Å²) in [4.78, 5) is 4.28. The van der Waals surface area contributed by atoms with E-state index in [2.05, 4.69) is 10.1 Å². The Bertz CT molecular complexity index is 667. The Kier molecular flexibility index (Phi) is 2.08. The van der Waals surface area contributed by atoms with E-state index in [-0.39, 0.29) is 0 Å². The van der Waals surface area contributed by atoms with E-state index in [0.717, 1.165) is 28.3 Å². The molecule has 0 unspecified atom stereocenters. The molecule has 3 aromatic rings. The van der Waals surface area contributed by atoms with Crippen molar-refractivity contribution in [1.82, 2.24) is 14.6 Å². The standard InChI is InChI=1S/C13H12N4/c1-9-8-13-15-7-6-12(17(13)16-9)10-2-4-11(14)5-3-10/h2-8H,14H2,1H3. The molecule has 2 aromatic heterocycles. The molecule has 0 amide bonds. The maximum atomic E-state index is 5.69. The Balaban J connectivity index is 2.26. The molecular weight excluding hydrogens is 212 g/mol. The van der Waals surface area contributed by atoms with Crippen LogP contribution in [0.3, 0.4) is 0 Å². The molecule has 0 fully saturated rings. The topological polar surface area (TPSA) is 56.2 Å². The first kappa shape index (κ1) is 9.84. The predicted octanol–water partition coefficient (Wildman–Crippen LogP) is 2.29. The second-order valence-electron chi connectivity index (χ2n) is 4.01. The number of hydrogen-bond donors (Lipinski definition) is 1. The second kappa shape index (κ2) is 3.59.